The zero-order chi connectivity index (χ0) is 30.3. The van der Waals surface area contributed by atoms with Crippen LogP contribution in [-0.2, 0) is 20.0 Å². The Bertz CT molecular complexity index is 2160. The van der Waals surface area contributed by atoms with Crippen molar-refractivity contribution in [3.05, 3.63) is 157 Å². The standard InChI is InChI=1S/C34H24N4O4S2/c39-43(40,31-21-19-25-11-7-9-17-29(25)23-31)37-33(27-13-3-1-4-14-27)35-38(34(36-37)28-15-5-2-6-16-28)44(41,42)32-22-20-26-12-8-10-18-30(26)24-32/h1-24H. The molecule has 6 aromatic carbocycles. The predicted molar refractivity (Wildman–Crippen MR) is 172 cm³/mol. The van der Waals surface area contributed by atoms with Crippen LogP contribution in [0.2, 0.25) is 0 Å². The van der Waals surface area contributed by atoms with Crippen molar-refractivity contribution in [2.24, 2.45) is 10.2 Å². The molecule has 216 valence electrons. The third kappa shape index (κ3) is 4.80. The van der Waals surface area contributed by atoms with Crippen molar-refractivity contribution in [3.8, 4) is 0 Å². The Morgan fingerprint density at radius 3 is 1.11 bits per heavy atom. The summed E-state index contributed by atoms with van der Waals surface area (Å²) >= 11 is 0. The van der Waals surface area contributed by atoms with Crippen molar-refractivity contribution in [2.45, 2.75) is 9.79 Å². The van der Waals surface area contributed by atoms with Crippen molar-refractivity contribution < 1.29 is 16.8 Å². The minimum absolute atomic E-state index is 0.0122. The molecular weight excluding hydrogens is 593 g/mol. The highest BCUT2D eigenvalue weighted by Gasteiger charge is 2.39. The van der Waals surface area contributed by atoms with Crippen LogP contribution in [0.5, 0.6) is 0 Å². The van der Waals surface area contributed by atoms with Gasteiger partial charge in [-0.1, -0.05) is 121 Å². The van der Waals surface area contributed by atoms with E-state index < -0.39 is 20.0 Å². The maximum atomic E-state index is 14.3. The molecule has 0 radical (unpaired) electrons. The fourth-order valence-electron chi connectivity index (χ4n) is 5.04. The van der Waals surface area contributed by atoms with Crippen molar-refractivity contribution in [1.29, 1.82) is 0 Å². The van der Waals surface area contributed by atoms with Gasteiger partial charge in [-0.15, -0.1) is 19.0 Å². The quantitative estimate of drug-likeness (QED) is 0.216. The average molecular weight is 617 g/mol. The number of hydrazone groups is 2. The summed E-state index contributed by atoms with van der Waals surface area (Å²) < 4.78 is 59.0. The molecule has 0 saturated carbocycles. The van der Waals surface area contributed by atoms with Crippen LogP contribution in [0.4, 0.5) is 0 Å². The largest absolute Gasteiger partial charge is 0.285 e. The van der Waals surface area contributed by atoms with Crippen LogP contribution in [0.15, 0.2) is 166 Å². The van der Waals surface area contributed by atoms with E-state index in [-0.39, 0.29) is 21.5 Å². The van der Waals surface area contributed by atoms with Crippen LogP contribution in [0, 0.1) is 0 Å². The lowest BCUT2D eigenvalue weighted by molar-refractivity contribution is 0.488. The van der Waals surface area contributed by atoms with Gasteiger partial charge in [-0.2, -0.15) is 16.8 Å². The van der Waals surface area contributed by atoms with Gasteiger partial charge in [0.25, 0.3) is 20.0 Å². The molecule has 0 fully saturated rings. The Kier molecular flexibility index (Phi) is 6.72. The summed E-state index contributed by atoms with van der Waals surface area (Å²) in [7, 11) is -8.72. The molecular formula is C34H24N4O4S2. The minimum Gasteiger partial charge on any atom is -0.199 e. The molecule has 7 rings (SSSR count). The summed E-state index contributed by atoms with van der Waals surface area (Å²) in [5.74, 6) is -0.328. The lowest BCUT2D eigenvalue weighted by Gasteiger charge is -2.31. The fourth-order valence-corrected chi connectivity index (χ4v) is 7.58. The van der Waals surface area contributed by atoms with Crippen molar-refractivity contribution in [2.75, 3.05) is 0 Å². The van der Waals surface area contributed by atoms with Gasteiger partial charge in [0.05, 0.1) is 9.79 Å². The molecule has 0 saturated heterocycles. The van der Waals surface area contributed by atoms with E-state index in [4.69, 9.17) is 0 Å². The first-order valence-corrected chi connectivity index (χ1v) is 16.6. The maximum absolute atomic E-state index is 14.3. The normalized spacial score (nSPS) is 14.0. The number of amidine groups is 2. The van der Waals surface area contributed by atoms with Crippen molar-refractivity contribution in [1.82, 2.24) is 8.83 Å². The van der Waals surface area contributed by atoms with Crippen LogP contribution < -0.4 is 0 Å². The van der Waals surface area contributed by atoms with Crippen LogP contribution in [0.1, 0.15) is 11.1 Å². The van der Waals surface area contributed by atoms with Crippen molar-refractivity contribution in [3.63, 3.8) is 0 Å². The first-order chi connectivity index (χ1) is 21.3. The number of benzene rings is 6. The lowest BCUT2D eigenvalue weighted by Crippen LogP contribution is -2.45. The molecule has 0 amide bonds. The van der Waals surface area contributed by atoms with Gasteiger partial charge in [-0.25, -0.2) is 0 Å². The number of hydrogen-bond donors (Lipinski definition) is 0. The third-order valence-corrected chi connectivity index (χ3v) is 10.4. The first-order valence-electron chi connectivity index (χ1n) is 13.7. The number of hydrogen-bond acceptors (Lipinski definition) is 6. The number of rotatable bonds is 6. The molecule has 1 heterocycles. The Labute approximate surface area is 254 Å². The average Bonchev–Trinajstić information content (AvgIpc) is 3.08. The molecule has 0 atom stereocenters. The summed E-state index contributed by atoms with van der Waals surface area (Å²) in [4.78, 5) is -0.0244. The molecule has 0 N–H and O–H groups in total. The monoisotopic (exact) mass is 616 g/mol. The summed E-state index contributed by atoms with van der Waals surface area (Å²) in [5, 5.41) is 12.3. The zero-order valence-corrected chi connectivity index (χ0v) is 24.7. The molecule has 6 aromatic rings. The van der Waals surface area contributed by atoms with E-state index in [0.717, 1.165) is 30.4 Å². The highest BCUT2D eigenvalue weighted by atomic mass is 32.2. The second kappa shape index (κ2) is 10.7. The second-order valence-electron chi connectivity index (χ2n) is 10.1. The van der Waals surface area contributed by atoms with E-state index in [2.05, 4.69) is 10.2 Å². The van der Waals surface area contributed by atoms with Crippen LogP contribution in [0.3, 0.4) is 0 Å². The van der Waals surface area contributed by atoms with Gasteiger partial charge in [0.2, 0.25) is 0 Å². The molecule has 0 aromatic heterocycles. The molecule has 0 unspecified atom stereocenters. The van der Waals surface area contributed by atoms with E-state index >= 15 is 0 Å². The Morgan fingerprint density at radius 1 is 0.386 bits per heavy atom. The maximum Gasteiger partial charge on any atom is 0.285 e. The third-order valence-electron chi connectivity index (χ3n) is 7.29. The first kappa shape index (κ1) is 27.5. The van der Waals surface area contributed by atoms with Gasteiger partial charge in [0, 0.05) is 11.1 Å². The highest BCUT2D eigenvalue weighted by Crippen LogP contribution is 2.31. The Hall–Kier alpha value is -5.32. The topological polar surface area (TPSA) is 99.5 Å². The molecule has 0 aliphatic carbocycles. The fraction of sp³-hybridized carbons (Fsp3) is 0. The highest BCUT2D eigenvalue weighted by molar-refractivity contribution is 7.90. The van der Waals surface area contributed by atoms with E-state index in [9.17, 15) is 16.8 Å². The Morgan fingerprint density at radius 2 is 0.727 bits per heavy atom. The van der Waals surface area contributed by atoms with Crippen molar-refractivity contribution >= 4 is 53.3 Å². The molecule has 1 aliphatic rings. The molecule has 10 heteroatoms. The van der Waals surface area contributed by atoms with Gasteiger partial charge >= 0.3 is 0 Å². The van der Waals surface area contributed by atoms with Crippen LogP contribution in [-0.4, -0.2) is 37.3 Å². The lowest BCUT2D eigenvalue weighted by atomic mass is 10.1. The van der Waals surface area contributed by atoms with Gasteiger partial charge in [0.15, 0.2) is 11.7 Å². The summed E-state index contributed by atoms with van der Waals surface area (Å²) in [5.41, 5.74) is 0.734. The van der Waals surface area contributed by atoms with Gasteiger partial charge in [-0.05, 0) is 45.8 Å². The van der Waals surface area contributed by atoms with E-state index in [1.807, 2.05) is 48.5 Å². The van der Waals surface area contributed by atoms with E-state index in [0.29, 0.717) is 11.1 Å². The SMILES string of the molecule is O=S(=O)(c1ccc2ccccc2c1)N1N=C(c2ccccc2)N(S(=O)(=O)c2ccc3ccccc3c2)N=C1c1ccccc1. The summed E-state index contributed by atoms with van der Waals surface area (Å²) in [6, 6.07) is 41.5. The van der Waals surface area contributed by atoms with Gasteiger partial charge < -0.3 is 0 Å². The number of nitrogens with zero attached hydrogens (tertiary/aromatic N) is 4. The van der Waals surface area contributed by atoms with Crippen LogP contribution >= 0.6 is 0 Å². The molecule has 44 heavy (non-hydrogen) atoms. The molecule has 0 spiro atoms. The molecule has 8 nitrogen and oxygen atoms in total. The van der Waals surface area contributed by atoms with Gasteiger partial charge in [-0.3, -0.25) is 0 Å². The summed E-state index contributed by atoms with van der Waals surface area (Å²) in [6.07, 6.45) is 0. The molecule has 0 bridgehead atoms. The zero-order valence-electron chi connectivity index (χ0n) is 23.1. The minimum atomic E-state index is -4.36. The Balaban J connectivity index is 1.45. The smallest absolute Gasteiger partial charge is 0.199 e. The van der Waals surface area contributed by atoms with E-state index in [1.165, 1.54) is 12.1 Å². The summed E-state index contributed by atoms with van der Waals surface area (Å²) in [6.45, 7) is 0. The van der Waals surface area contributed by atoms with E-state index in [1.54, 1.807) is 84.9 Å². The second-order valence-corrected chi connectivity index (χ2v) is 13.6. The predicted octanol–water partition coefficient (Wildman–Crippen LogP) is 6.41. The van der Waals surface area contributed by atoms with Gasteiger partial charge in [0.1, 0.15) is 0 Å². The molecule has 1 aliphatic heterocycles. The number of fused-ring (bicyclic) bond motifs is 2. The number of sulfonamides is 2. The van der Waals surface area contributed by atoms with Crippen LogP contribution in [0.25, 0.3) is 21.5 Å².